The first-order valence-corrected chi connectivity index (χ1v) is 5.85. The summed E-state index contributed by atoms with van der Waals surface area (Å²) in [5.41, 5.74) is 0. The average molecular weight is 169 g/mol. The summed E-state index contributed by atoms with van der Waals surface area (Å²) in [6, 6.07) is 0. The van der Waals surface area contributed by atoms with Crippen LogP contribution in [0, 0.1) is 0 Å². The molecule has 11 heavy (non-hydrogen) atoms. The van der Waals surface area contributed by atoms with E-state index in [9.17, 15) is 0 Å². The second-order valence-corrected chi connectivity index (χ2v) is 5.33. The number of thiol groups is 1. The zero-order chi connectivity index (χ0) is 7.52. The Hall–Kier alpha value is -0.210. The van der Waals surface area contributed by atoms with E-state index in [1.165, 1.54) is 25.9 Å². The van der Waals surface area contributed by atoms with E-state index in [2.05, 4.69) is 28.3 Å². The van der Waals surface area contributed by atoms with Gasteiger partial charge in [0.2, 0.25) is 0 Å². The molecule has 2 rings (SSSR count). The van der Waals surface area contributed by atoms with Crippen molar-refractivity contribution in [1.29, 1.82) is 0 Å². The van der Waals surface area contributed by atoms with Crippen LogP contribution in [0.2, 0.25) is 0 Å². The smallest absolute Gasteiger partial charge is 0.00388 e. The molecule has 0 amide bonds. The highest BCUT2D eigenvalue weighted by molar-refractivity contribution is 8.22. The fraction of sp³-hybridized carbons (Fsp3) is 0.556. The van der Waals surface area contributed by atoms with Crippen LogP contribution in [0.3, 0.4) is 0 Å². The van der Waals surface area contributed by atoms with Crippen LogP contribution in [0.25, 0.3) is 0 Å². The molecule has 0 radical (unpaired) electrons. The normalized spacial score (nSPS) is 28.2. The second-order valence-electron chi connectivity index (χ2n) is 3.11. The molecule has 0 aliphatic carbocycles. The Bertz CT molecular complexity index is 168. The van der Waals surface area contributed by atoms with Gasteiger partial charge in [-0.3, -0.25) is 0 Å². The molecular formula is C9H15NS. The number of piperidine rings is 1. The van der Waals surface area contributed by atoms with Crippen molar-refractivity contribution in [2.45, 2.75) is 18.1 Å². The Morgan fingerprint density at radius 1 is 1.09 bits per heavy atom. The van der Waals surface area contributed by atoms with Gasteiger partial charge in [-0.2, -0.15) is 0 Å². The third-order valence-corrected chi connectivity index (χ3v) is 4.75. The molecule has 1 N–H and O–H groups in total. The minimum Gasteiger partial charge on any atom is -0.317 e. The Balaban J connectivity index is 1.92. The SMILES string of the molecule is C1=C[SH](C2CCNCC2)C=C1. The van der Waals surface area contributed by atoms with Crippen molar-refractivity contribution >= 4 is 10.9 Å². The van der Waals surface area contributed by atoms with Gasteiger partial charge in [0.1, 0.15) is 0 Å². The highest BCUT2D eigenvalue weighted by Crippen LogP contribution is 2.41. The highest BCUT2D eigenvalue weighted by Gasteiger charge is 2.17. The van der Waals surface area contributed by atoms with Gasteiger partial charge < -0.3 is 5.32 Å². The third kappa shape index (κ3) is 1.68. The predicted molar refractivity (Wildman–Crippen MR) is 53.2 cm³/mol. The molecule has 62 valence electrons. The Morgan fingerprint density at radius 3 is 2.36 bits per heavy atom. The largest absolute Gasteiger partial charge is 0.317 e. The third-order valence-electron chi connectivity index (χ3n) is 2.36. The summed E-state index contributed by atoms with van der Waals surface area (Å²) in [5, 5.41) is 9.16. The predicted octanol–water partition coefficient (Wildman–Crippen LogP) is 1.78. The van der Waals surface area contributed by atoms with Crippen molar-refractivity contribution in [3.8, 4) is 0 Å². The minimum absolute atomic E-state index is 0.136. The van der Waals surface area contributed by atoms with Crippen molar-refractivity contribution in [2.75, 3.05) is 13.1 Å². The standard InChI is InChI=1S/C9H15NS/c1-2-8-11(7-1)9-3-5-10-6-4-9/h1-2,7-11H,3-6H2. The van der Waals surface area contributed by atoms with Crippen molar-refractivity contribution in [2.24, 2.45) is 0 Å². The van der Waals surface area contributed by atoms with E-state index in [1.807, 2.05) is 0 Å². The van der Waals surface area contributed by atoms with Gasteiger partial charge in [0.25, 0.3) is 0 Å². The van der Waals surface area contributed by atoms with Crippen LogP contribution in [-0.4, -0.2) is 18.3 Å². The molecule has 0 aromatic rings. The molecule has 2 aliphatic heterocycles. The van der Waals surface area contributed by atoms with Crippen molar-refractivity contribution < 1.29 is 0 Å². The van der Waals surface area contributed by atoms with E-state index >= 15 is 0 Å². The van der Waals surface area contributed by atoms with E-state index in [-0.39, 0.29) is 10.9 Å². The zero-order valence-corrected chi connectivity index (χ0v) is 7.56. The van der Waals surface area contributed by atoms with E-state index in [1.54, 1.807) is 0 Å². The lowest BCUT2D eigenvalue weighted by Gasteiger charge is -2.28. The molecule has 0 aromatic heterocycles. The minimum atomic E-state index is 0.136. The van der Waals surface area contributed by atoms with E-state index in [0.29, 0.717) is 0 Å². The molecule has 0 spiro atoms. The summed E-state index contributed by atoms with van der Waals surface area (Å²) in [6.45, 7) is 2.45. The fourth-order valence-corrected chi connectivity index (χ4v) is 3.73. The van der Waals surface area contributed by atoms with Crippen molar-refractivity contribution in [3.05, 3.63) is 23.0 Å². The molecule has 2 heteroatoms. The summed E-state index contributed by atoms with van der Waals surface area (Å²) >= 11 is 0. The molecule has 1 fully saturated rings. The molecular weight excluding hydrogens is 154 g/mol. The second kappa shape index (κ2) is 3.46. The molecule has 0 bridgehead atoms. The van der Waals surface area contributed by atoms with Gasteiger partial charge in [-0.15, -0.1) is 0 Å². The summed E-state index contributed by atoms with van der Waals surface area (Å²) in [4.78, 5) is 0. The quantitative estimate of drug-likeness (QED) is 0.570. The van der Waals surface area contributed by atoms with Gasteiger partial charge in [-0.25, -0.2) is 10.9 Å². The first kappa shape index (κ1) is 7.44. The van der Waals surface area contributed by atoms with E-state index in [4.69, 9.17) is 0 Å². The molecule has 1 nitrogen and oxygen atoms in total. The maximum absolute atomic E-state index is 3.40. The average Bonchev–Trinajstić information content (AvgIpc) is 2.58. The first-order chi connectivity index (χ1) is 5.47. The Labute approximate surface area is 70.9 Å². The molecule has 2 heterocycles. The monoisotopic (exact) mass is 169 g/mol. The lowest BCUT2D eigenvalue weighted by atomic mass is 10.2. The van der Waals surface area contributed by atoms with Crippen LogP contribution in [-0.2, 0) is 0 Å². The maximum atomic E-state index is 3.40. The molecule has 0 aromatic carbocycles. The van der Waals surface area contributed by atoms with Gasteiger partial charge >= 0.3 is 0 Å². The molecule has 0 saturated carbocycles. The van der Waals surface area contributed by atoms with Crippen molar-refractivity contribution in [3.63, 3.8) is 0 Å². The summed E-state index contributed by atoms with van der Waals surface area (Å²) in [6.07, 6.45) is 7.16. The number of hydrogen-bond acceptors (Lipinski definition) is 1. The summed E-state index contributed by atoms with van der Waals surface area (Å²) in [7, 11) is 0.136. The molecule has 1 saturated heterocycles. The summed E-state index contributed by atoms with van der Waals surface area (Å²) in [5.74, 6) is 0. The van der Waals surface area contributed by atoms with Crippen LogP contribution in [0.1, 0.15) is 12.8 Å². The van der Waals surface area contributed by atoms with Gasteiger partial charge in [0, 0.05) is 0 Å². The molecule has 0 unspecified atom stereocenters. The van der Waals surface area contributed by atoms with Gasteiger partial charge in [0.05, 0.1) is 0 Å². The van der Waals surface area contributed by atoms with Gasteiger partial charge in [-0.1, -0.05) is 12.2 Å². The van der Waals surface area contributed by atoms with Gasteiger partial charge in [-0.05, 0) is 42.0 Å². The van der Waals surface area contributed by atoms with E-state index < -0.39 is 0 Å². The number of hydrogen-bond donors (Lipinski definition) is 2. The topological polar surface area (TPSA) is 12.0 Å². The Kier molecular flexibility index (Phi) is 2.34. The van der Waals surface area contributed by atoms with Crippen LogP contribution in [0.5, 0.6) is 0 Å². The van der Waals surface area contributed by atoms with Gasteiger partial charge in [0.15, 0.2) is 0 Å². The van der Waals surface area contributed by atoms with Crippen LogP contribution >= 0.6 is 10.9 Å². The van der Waals surface area contributed by atoms with E-state index in [0.717, 1.165) is 5.25 Å². The van der Waals surface area contributed by atoms with Crippen LogP contribution in [0.15, 0.2) is 23.0 Å². The lowest BCUT2D eigenvalue weighted by molar-refractivity contribution is 0.531. The molecule has 2 aliphatic rings. The Morgan fingerprint density at radius 2 is 1.73 bits per heavy atom. The maximum Gasteiger partial charge on any atom is -0.00388 e. The summed E-state index contributed by atoms with van der Waals surface area (Å²) < 4.78 is 0. The fourth-order valence-electron chi connectivity index (χ4n) is 1.70. The lowest BCUT2D eigenvalue weighted by Crippen LogP contribution is -2.30. The zero-order valence-electron chi connectivity index (χ0n) is 6.66. The van der Waals surface area contributed by atoms with Crippen molar-refractivity contribution in [1.82, 2.24) is 5.32 Å². The number of rotatable bonds is 1. The number of nitrogens with one attached hydrogen (secondary N) is 1. The van der Waals surface area contributed by atoms with Crippen LogP contribution < -0.4 is 5.32 Å². The number of allylic oxidation sites excluding steroid dienone is 2. The highest BCUT2D eigenvalue weighted by atomic mass is 32.2. The van der Waals surface area contributed by atoms with Crippen LogP contribution in [0.4, 0.5) is 0 Å². The molecule has 0 atom stereocenters. The first-order valence-electron chi connectivity index (χ1n) is 4.30.